The molecule has 0 spiro atoms. The van der Waals surface area contributed by atoms with Gasteiger partial charge in [0.2, 0.25) is 0 Å². The van der Waals surface area contributed by atoms with Gasteiger partial charge in [-0.3, -0.25) is 28.9 Å². The van der Waals surface area contributed by atoms with Crippen LogP contribution in [0.15, 0.2) is 125 Å². The van der Waals surface area contributed by atoms with Gasteiger partial charge in [-0.05, 0) is 221 Å². The minimum atomic E-state index is -1.20. The van der Waals surface area contributed by atoms with Gasteiger partial charge in [0, 0.05) is 158 Å². The van der Waals surface area contributed by atoms with E-state index < -0.39 is 46.4 Å². The largest absolute Gasteiger partial charge is 0.477 e. The van der Waals surface area contributed by atoms with Gasteiger partial charge in [0.05, 0.1) is 31.4 Å². The van der Waals surface area contributed by atoms with Gasteiger partial charge in [0.1, 0.15) is 72.6 Å². The summed E-state index contributed by atoms with van der Waals surface area (Å²) in [5, 5.41) is 18.1. The minimum absolute atomic E-state index is 0.00246. The molecular formula is C100H159BrF8I3N17O16-2. The van der Waals surface area contributed by atoms with E-state index in [1.54, 1.807) is 87.6 Å². The standard InChI is InChI=1S/C17H26FN3O3.C14H19FN2O3.C13H17FIN3O.C13H17FN2O3.C12H23FN2O2.2C8H17FIN2.C7H6O4.C6H13N.C2H4BrF/c1-17(2,3)24-16(23)19-14-5-4-9-21(15(14)22)13-6-10-20(11-7-13)12-8-18;1-20-14(19)12-3-2-7-17(13(12)18)11-4-8-16(9-5-11)10-6-15;14-5-9-17-7-3-11(4-8-17)18-6-1-2-12(13(18)19)16-10-15;14-5-9-15-7-3-10(4-8-15)16-6-1-2-11(12(16)17)13(18)19;1-12(2,3)17-11(16)14-10-4-7-15(8-5-10)9-6-13;2*9-3-6-12-4-1-8(2-5-12)7-10-11;1-10-6(8)5-3-2-4-11-7(5)9;1-6-2-4-7-5-3-6;3-1-2-4/h4-5,9,13H,6-8,10-12H2,1-3H3,(H,19,23);2-3,7,11H,4-6,8-10H2,1H3;1-2,6,10-11H,3-5,7-9H2;1-2,6,10H,3-5,7-9H2,(H,18,19);10H,4-9H2,1-3H3,(H,14,16);2*8H,1-7,11H2;2-4H,1H3;6-7H,2-5H2,1H3;1-2H2/q;;;;;2*-1;;;. The number of rotatable bonds is 29. The van der Waals surface area contributed by atoms with Crippen LogP contribution in [0, 0.1) is 17.8 Å². The summed E-state index contributed by atoms with van der Waals surface area (Å²) in [6.45, 7) is 29.1. The molecule has 8 aliphatic rings. The number of ether oxygens (including phenoxy) is 4. The summed E-state index contributed by atoms with van der Waals surface area (Å²) in [7, 11) is 2.46. The quantitative estimate of drug-likeness (QED) is 0.00507. The Kier molecular flexibility index (Phi) is 67.3. The first-order chi connectivity index (χ1) is 69.5. The number of esters is 2. The van der Waals surface area contributed by atoms with E-state index >= 15 is 0 Å². The fraction of sp³-hybridized carbons (Fsp3) is 0.690. The second-order valence-corrected chi connectivity index (χ2v) is 42.7. The predicted octanol–water partition coefficient (Wildman–Crippen LogP) is 7.73. The van der Waals surface area contributed by atoms with Gasteiger partial charge >= 0.3 is 204 Å². The molecule has 2 amide bonds. The molecule has 0 bridgehead atoms. The summed E-state index contributed by atoms with van der Waals surface area (Å²) in [5.74, 6) is 0.173. The van der Waals surface area contributed by atoms with Crippen LogP contribution in [-0.4, -0.2) is 342 Å². The Bertz CT molecular complexity index is 4700. The average Bonchev–Trinajstić information content (AvgIpc) is 0.804. The number of halogens is 12. The smallest absolute Gasteiger partial charge is 0.341 e. The number of carboxylic acid groups (broad SMARTS) is 1. The molecule has 8 saturated heterocycles. The molecule has 0 aliphatic carbocycles. The van der Waals surface area contributed by atoms with Crippen LogP contribution in [0.5, 0.6) is 0 Å². The van der Waals surface area contributed by atoms with E-state index in [2.05, 4.69) is 82.2 Å². The van der Waals surface area contributed by atoms with Gasteiger partial charge in [-0.15, -0.1) is 0 Å². The zero-order chi connectivity index (χ0) is 107. The van der Waals surface area contributed by atoms with Gasteiger partial charge < -0.3 is 81.9 Å². The number of nitrogens with one attached hydrogen (secondary N) is 3. The molecule has 0 atom stereocenters. The number of pyridine rings is 4. The summed E-state index contributed by atoms with van der Waals surface area (Å²) in [6.07, 6.45) is 22.9. The molecule has 8 N–H and O–H groups in total. The molecule has 13 heterocycles. The SMILES string of the molecule is CC(C)(C)OC(=O)NC1CCN(CCF)CC1.CC(C)(C)OC(=O)Nc1cccn(C2CCN(CCF)CC2)c1=O.CC1CCNCC1.COC(=O)c1cccn(C2CCN(CCF)CC2)c1=O.COC(=O)c1cccoc1=O.FCCBr.N[I-]CC1CCN(CCF)CC1.N[I-]CC1CCN(CCF)CC1.O=C(O)c1cccn(C2CCN(CCF)CC2)c1=O.O=c1c(N=CI)cccn1C1CCN(CCF)CC1. The van der Waals surface area contributed by atoms with Crippen molar-refractivity contribution in [3.8, 4) is 0 Å². The van der Waals surface area contributed by atoms with Crippen LogP contribution in [0.3, 0.4) is 0 Å². The fourth-order valence-electron chi connectivity index (χ4n) is 17.1. The maximum atomic E-state index is 12.6. The number of anilines is 1. The second-order valence-electron chi connectivity index (χ2n) is 37.8. The normalized spacial score (nSPS) is 17.8. The number of nitrogens with zero attached hydrogens (tertiary/aromatic N) is 12. The van der Waals surface area contributed by atoms with E-state index in [0.29, 0.717) is 56.8 Å². The van der Waals surface area contributed by atoms with E-state index in [1.807, 2.05) is 65.4 Å². The van der Waals surface area contributed by atoms with E-state index in [-0.39, 0.29) is 172 Å². The van der Waals surface area contributed by atoms with E-state index in [0.717, 1.165) is 174 Å². The van der Waals surface area contributed by atoms with Crippen molar-refractivity contribution in [3.05, 3.63) is 160 Å². The number of likely N-dealkylation sites (tertiary alicyclic amines) is 7. The van der Waals surface area contributed by atoms with Crippen molar-refractivity contribution < 1.29 is 131 Å². The number of aromatic carboxylic acids is 1. The summed E-state index contributed by atoms with van der Waals surface area (Å²) in [5.41, 5.74) is -2.38. The van der Waals surface area contributed by atoms with E-state index in [4.69, 9.17) is 22.5 Å². The number of carbonyl (C=O) groups excluding carboxylic acids is 4. The number of carboxylic acids is 1. The second kappa shape index (κ2) is 74.9. The Balaban J connectivity index is 0.000000343. The van der Waals surface area contributed by atoms with Crippen molar-refractivity contribution in [2.75, 3.05) is 238 Å². The number of methoxy groups -OCH3 is 2. The summed E-state index contributed by atoms with van der Waals surface area (Å²) < 4.78 is 141. The first-order valence-corrected chi connectivity index (χ1v) is 57.8. The Morgan fingerprint density at radius 1 is 0.462 bits per heavy atom. The third kappa shape index (κ3) is 52.1. The zero-order valence-corrected chi connectivity index (χ0v) is 93.9. The number of amides is 2. The Hall–Kier alpha value is -6.92. The predicted molar refractivity (Wildman–Crippen MR) is 556 cm³/mol. The van der Waals surface area contributed by atoms with Crippen LogP contribution in [0.4, 0.5) is 56.1 Å². The van der Waals surface area contributed by atoms with Crippen molar-refractivity contribution in [1.82, 2.24) is 63.2 Å². The van der Waals surface area contributed by atoms with Gasteiger partial charge in [-0.2, -0.15) is 0 Å². The summed E-state index contributed by atoms with van der Waals surface area (Å²) in [4.78, 5) is 135. The minimum Gasteiger partial charge on any atom is -0.477 e. The molecule has 0 saturated carbocycles. The van der Waals surface area contributed by atoms with Crippen molar-refractivity contribution in [3.63, 3.8) is 0 Å². The number of piperidine rings is 8. The van der Waals surface area contributed by atoms with Gasteiger partial charge in [0.15, 0.2) is 0 Å². The van der Waals surface area contributed by atoms with Gasteiger partial charge in [-0.1, -0.05) is 22.9 Å². The Morgan fingerprint density at radius 3 is 1.10 bits per heavy atom. The molecule has 8 fully saturated rings. The van der Waals surface area contributed by atoms with Gasteiger partial charge in [-0.25, -0.2) is 55.7 Å². The molecule has 826 valence electrons. The molecule has 13 rings (SSSR count). The molecule has 0 aromatic carbocycles. The number of aliphatic imine (C=N–C) groups is 1. The van der Waals surface area contributed by atoms with Crippen LogP contribution in [0.2, 0.25) is 0 Å². The molecule has 8 aliphatic heterocycles. The molecule has 145 heavy (non-hydrogen) atoms. The topological polar surface area (TPSA) is 384 Å². The molecular weight excluding hydrogens is 2310 g/mol. The first-order valence-electron chi connectivity index (χ1n) is 49.9. The third-order valence-corrected chi connectivity index (χ3v) is 29.2. The Labute approximate surface area is 892 Å². The van der Waals surface area contributed by atoms with E-state index in [1.165, 1.54) is 110 Å². The maximum absolute atomic E-state index is 12.6. The van der Waals surface area contributed by atoms with Crippen LogP contribution in [0.1, 0.15) is 206 Å². The molecule has 0 radical (unpaired) electrons. The van der Waals surface area contributed by atoms with Crippen molar-refractivity contribution in [2.24, 2.45) is 30.6 Å². The van der Waals surface area contributed by atoms with Crippen molar-refractivity contribution in [1.29, 1.82) is 0 Å². The monoisotopic (exact) mass is 2470 g/mol. The molecule has 45 heteroatoms. The fourth-order valence-corrected chi connectivity index (χ4v) is 20.6. The van der Waals surface area contributed by atoms with Crippen LogP contribution in [-0.2, 0) is 18.9 Å². The number of nitrogens with two attached hydrogens (primary N) is 2. The number of aromatic nitrogens is 4. The Morgan fingerprint density at radius 2 is 0.779 bits per heavy atom. The number of hydrogen-bond donors (Lipinski definition) is 6. The van der Waals surface area contributed by atoms with Crippen molar-refractivity contribution >= 4 is 84.2 Å². The number of alkyl halides is 11. The molecule has 0 unspecified atom stereocenters. The first kappa shape index (κ1) is 130. The van der Waals surface area contributed by atoms with E-state index in [9.17, 15) is 83.1 Å². The average molecular weight is 2470 g/mol. The van der Waals surface area contributed by atoms with Crippen LogP contribution < -0.4 is 94.7 Å². The summed E-state index contributed by atoms with van der Waals surface area (Å²) in [6, 6.07) is 16.2. The zero-order valence-electron chi connectivity index (χ0n) is 85.8. The molecule has 33 nitrogen and oxygen atoms in total. The molecule has 5 aromatic rings. The molecule has 5 aromatic heterocycles. The van der Waals surface area contributed by atoms with Crippen LogP contribution >= 0.6 is 38.5 Å². The number of carbonyl (C=O) groups is 5. The van der Waals surface area contributed by atoms with Crippen LogP contribution in [0.25, 0.3) is 0 Å². The number of hydrogen-bond acceptors (Lipinski definition) is 26. The number of alkyl carbamates (subject to hydrolysis) is 1. The maximum Gasteiger partial charge on any atom is 0.341 e. The summed E-state index contributed by atoms with van der Waals surface area (Å²) >= 11 is 4.81. The van der Waals surface area contributed by atoms with Gasteiger partial charge in [0.25, 0.3) is 22.2 Å². The van der Waals surface area contributed by atoms with Crippen molar-refractivity contribution in [2.45, 2.75) is 193 Å². The third-order valence-electron chi connectivity index (χ3n) is 25.1.